The smallest absolute Gasteiger partial charge is 0.331 e. The van der Waals surface area contributed by atoms with Crippen LogP contribution in [0.2, 0.25) is 0 Å². The molecule has 1 atom stereocenters. The fourth-order valence-corrected chi connectivity index (χ4v) is 2.61. The number of hydrogen-bond donors (Lipinski definition) is 1. The Morgan fingerprint density at radius 3 is 2.70 bits per heavy atom. The number of hydrogen-bond acceptors (Lipinski definition) is 3. The molecule has 0 saturated carbocycles. The van der Waals surface area contributed by atoms with Gasteiger partial charge in [-0.05, 0) is 13.3 Å². The van der Waals surface area contributed by atoms with E-state index in [1.165, 1.54) is 4.90 Å². The van der Waals surface area contributed by atoms with Gasteiger partial charge in [0.15, 0.2) is 0 Å². The van der Waals surface area contributed by atoms with E-state index in [0.717, 1.165) is 5.56 Å². The Labute approximate surface area is 133 Å². The van der Waals surface area contributed by atoms with Gasteiger partial charge < -0.3 is 10.2 Å². The third kappa shape index (κ3) is 5.42. The van der Waals surface area contributed by atoms with Gasteiger partial charge in [0, 0.05) is 45.0 Å². The highest BCUT2D eigenvalue weighted by atomic mass is 19.4. The van der Waals surface area contributed by atoms with Gasteiger partial charge in [0.2, 0.25) is 0 Å². The number of nitrogens with one attached hydrogen (secondary N) is 1. The zero-order valence-electron chi connectivity index (χ0n) is 13.3. The molecule has 23 heavy (non-hydrogen) atoms. The molecule has 130 valence electrons. The fraction of sp³-hybridized carbons (Fsp3) is 0.714. The topological polar surface area (TPSA) is 53.4 Å². The summed E-state index contributed by atoms with van der Waals surface area (Å²) in [7, 11) is 1.79. The average Bonchev–Trinajstić information content (AvgIpc) is 2.74. The van der Waals surface area contributed by atoms with Gasteiger partial charge in [-0.25, -0.2) is 4.79 Å². The fourth-order valence-electron chi connectivity index (χ4n) is 2.61. The lowest BCUT2D eigenvalue weighted by Gasteiger charge is -2.24. The summed E-state index contributed by atoms with van der Waals surface area (Å²) in [6.07, 6.45) is -0.173. The molecule has 0 aliphatic carbocycles. The van der Waals surface area contributed by atoms with Crippen molar-refractivity contribution < 1.29 is 18.0 Å². The van der Waals surface area contributed by atoms with Crippen LogP contribution < -0.4 is 5.32 Å². The highest BCUT2D eigenvalue weighted by molar-refractivity contribution is 5.74. The Kier molecular flexibility index (Phi) is 5.51. The normalized spacial score (nSPS) is 18.6. The van der Waals surface area contributed by atoms with Gasteiger partial charge in [0.25, 0.3) is 0 Å². The summed E-state index contributed by atoms with van der Waals surface area (Å²) in [5.74, 6) is 0. The number of urea groups is 1. The van der Waals surface area contributed by atoms with Gasteiger partial charge in [-0.3, -0.25) is 9.58 Å². The third-order valence-electron chi connectivity index (χ3n) is 3.84. The van der Waals surface area contributed by atoms with E-state index in [4.69, 9.17) is 0 Å². The van der Waals surface area contributed by atoms with Crippen molar-refractivity contribution in [2.45, 2.75) is 25.6 Å². The Morgan fingerprint density at radius 1 is 1.35 bits per heavy atom. The van der Waals surface area contributed by atoms with Gasteiger partial charge in [0.05, 0.1) is 18.8 Å². The molecule has 0 bridgehead atoms. The Hall–Kier alpha value is -1.77. The van der Waals surface area contributed by atoms with Crippen molar-refractivity contribution in [3.8, 4) is 0 Å². The molecule has 0 spiro atoms. The SMILES string of the molecule is C[C@@H](NC(=O)N1CCCN(CC(F)(F)F)CC1)c1cnn(C)c1. The predicted molar refractivity (Wildman–Crippen MR) is 78.8 cm³/mol. The summed E-state index contributed by atoms with van der Waals surface area (Å²) in [6, 6.07) is -0.457. The molecule has 1 aromatic rings. The molecule has 9 heteroatoms. The third-order valence-corrected chi connectivity index (χ3v) is 3.84. The first-order chi connectivity index (χ1) is 10.7. The van der Waals surface area contributed by atoms with Crippen molar-refractivity contribution in [1.82, 2.24) is 24.9 Å². The maximum absolute atomic E-state index is 12.4. The molecule has 6 nitrogen and oxygen atoms in total. The van der Waals surface area contributed by atoms with Gasteiger partial charge in [-0.2, -0.15) is 18.3 Å². The van der Waals surface area contributed by atoms with Crippen molar-refractivity contribution in [3.63, 3.8) is 0 Å². The second kappa shape index (κ2) is 7.20. The maximum Gasteiger partial charge on any atom is 0.401 e. The Bertz CT molecular complexity index is 531. The lowest BCUT2D eigenvalue weighted by molar-refractivity contribution is -0.145. The van der Waals surface area contributed by atoms with Crippen molar-refractivity contribution in [1.29, 1.82) is 0 Å². The molecule has 0 unspecified atom stereocenters. The number of carbonyl (C=O) groups excluding carboxylic acids is 1. The van der Waals surface area contributed by atoms with Crippen LogP contribution in [0.25, 0.3) is 0 Å². The van der Waals surface area contributed by atoms with E-state index in [9.17, 15) is 18.0 Å². The Morgan fingerprint density at radius 2 is 2.09 bits per heavy atom. The van der Waals surface area contributed by atoms with Crippen LogP contribution in [0, 0.1) is 0 Å². The summed E-state index contributed by atoms with van der Waals surface area (Å²) in [4.78, 5) is 15.2. The van der Waals surface area contributed by atoms with Crippen LogP contribution in [0.4, 0.5) is 18.0 Å². The standard InChI is InChI=1S/C14H22F3N5O/c1-11(12-8-18-20(2)9-12)19-13(23)22-5-3-4-21(6-7-22)10-14(15,16)17/h8-9,11H,3-7,10H2,1-2H3,(H,19,23)/t11-/m1/s1. The minimum Gasteiger partial charge on any atom is -0.331 e. The van der Waals surface area contributed by atoms with Crippen LogP contribution in [0.3, 0.4) is 0 Å². The van der Waals surface area contributed by atoms with Crippen molar-refractivity contribution in [2.24, 2.45) is 7.05 Å². The summed E-state index contributed by atoms with van der Waals surface area (Å²) < 4.78 is 39.0. The minimum absolute atomic E-state index is 0.203. The molecule has 0 aromatic carbocycles. The first-order valence-corrected chi connectivity index (χ1v) is 7.58. The zero-order valence-corrected chi connectivity index (χ0v) is 13.3. The van der Waals surface area contributed by atoms with E-state index >= 15 is 0 Å². The molecule has 1 saturated heterocycles. The molecule has 1 aliphatic heterocycles. The highest BCUT2D eigenvalue weighted by Crippen LogP contribution is 2.18. The molecule has 1 aromatic heterocycles. The number of aromatic nitrogens is 2. The largest absolute Gasteiger partial charge is 0.401 e. The molecule has 1 fully saturated rings. The first-order valence-electron chi connectivity index (χ1n) is 7.58. The number of aryl methyl sites for hydroxylation is 1. The van der Waals surface area contributed by atoms with Crippen LogP contribution in [-0.2, 0) is 7.05 Å². The van der Waals surface area contributed by atoms with Crippen LogP contribution >= 0.6 is 0 Å². The van der Waals surface area contributed by atoms with Gasteiger partial charge in [-0.1, -0.05) is 0 Å². The second-order valence-corrected chi connectivity index (χ2v) is 5.85. The van der Waals surface area contributed by atoms with E-state index in [0.29, 0.717) is 26.1 Å². The van der Waals surface area contributed by atoms with Crippen LogP contribution in [0.1, 0.15) is 24.9 Å². The molecule has 2 amide bonds. The first kappa shape index (κ1) is 17.6. The van der Waals surface area contributed by atoms with Crippen molar-refractivity contribution in [3.05, 3.63) is 18.0 Å². The molecule has 2 rings (SSSR count). The van der Waals surface area contributed by atoms with Gasteiger partial charge in [0.1, 0.15) is 0 Å². The van der Waals surface area contributed by atoms with Crippen molar-refractivity contribution >= 4 is 6.03 Å². The van der Waals surface area contributed by atoms with Crippen LogP contribution in [0.5, 0.6) is 0 Å². The number of nitrogens with zero attached hydrogens (tertiary/aromatic N) is 4. The quantitative estimate of drug-likeness (QED) is 0.917. The van der Waals surface area contributed by atoms with E-state index < -0.39 is 12.7 Å². The lowest BCUT2D eigenvalue weighted by Crippen LogP contribution is -2.43. The van der Waals surface area contributed by atoms with Crippen LogP contribution in [0.15, 0.2) is 12.4 Å². The lowest BCUT2D eigenvalue weighted by atomic mass is 10.2. The summed E-state index contributed by atoms with van der Waals surface area (Å²) in [5, 5.41) is 6.92. The maximum atomic E-state index is 12.4. The summed E-state index contributed by atoms with van der Waals surface area (Å²) in [6.45, 7) is 2.26. The Balaban J connectivity index is 1.85. The number of halogens is 3. The van der Waals surface area contributed by atoms with E-state index in [1.807, 2.05) is 13.1 Å². The summed E-state index contributed by atoms with van der Waals surface area (Å²) in [5.41, 5.74) is 0.884. The molecule has 1 aliphatic rings. The number of amides is 2. The molecular formula is C14H22F3N5O. The predicted octanol–water partition coefficient (Wildman–Crippen LogP) is 1.76. The second-order valence-electron chi connectivity index (χ2n) is 5.85. The van der Waals surface area contributed by atoms with Crippen LogP contribution in [-0.4, -0.2) is 64.5 Å². The monoisotopic (exact) mass is 333 g/mol. The van der Waals surface area contributed by atoms with E-state index in [-0.39, 0.29) is 18.6 Å². The van der Waals surface area contributed by atoms with E-state index in [1.54, 1.807) is 22.8 Å². The van der Waals surface area contributed by atoms with Crippen molar-refractivity contribution in [2.75, 3.05) is 32.7 Å². The minimum atomic E-state index is -4.20. The molecule has 2 heterocycles. The number of carbonyl (C=O) groups is 1. The summed E-state index contributed by atoms with van der Waals surface area (Å²) >= 11 is 0. The van der Waals surface area contributed by atoms with Gasteiger partial charge in [-0.15, -0.1) is 0 Å². The van der Waals surface area contributed by atoms with Gasteiger partial charge >= 0.3 is 12.2 Å². The highest BCUT2D eigenvalue weighted by Gasteiger charge is 2.32. The molecular weight excluding hydrogens is 311 g/mol. The molecule has 1 N–H and O–H groups in total. The van der Waals surface area contributed by atoms with E-state index in [2.05, 4.69) is 10.4 Å². The molecule has 0 radical (unpaired) electrons. The number of rotatable bonds is 3. The zero-order chi connectivity index (χ0) is 17.0. The average molecular weight is 333 g/mol. The number of alkyl halides is 3.